The predicted octanol–water partition coefficient (Wildman–Crippen LogP) is -0.316. The summed E-state index contributed by atoms with van der Waals surface area (Å²) in [6.07, 6.45) is 0.736. The summed E-state index contributed by atoms with van der Waals surface area (Å²) in [5.74, 6) is -1.06. The molecule has 0 aliphatic heterocycles. The van der Waals surface area contributed by atoms with Crippen LogP contribution in [0.3, 0.4) is 0 Å². The minimum atomic E-state index is -1.06. The van der Waals surface area contributed by atoms with E-state index < -0.39 is 5.97 Å². The van der Waals surface area contributed by atoms with Gasteiger partial charge in [-0.15, -0.1) is 0 Å². The molecular formula is C3H5CaFO2. The number of hydrogen-bond donors (Lipinski definition) is 0. The fourth-order valence-corrected chi connectivity index (χ4v) is 0.0315. The first kappa shape index (κ1) is 10.4. The van der Waals surface area contributed by atoms with E-state index in [1.807, 2.05) is 0 Å². The number of carbonyl (C=O) groups excluding carboxylic acids is 1. The number of carbonyl (C=O) groups is 1. The average Bonchev–Trinajstić information content (AvgIpc) is 1.65. The molecule has 7 heavy (non-hydrogen) atoms. The van der Waals surface area contributed by atoms with E-state index in [2.05, 4.69) is 11.5 Å². The zero-order valence-corrected chi connectivity index (χ0v) is 2.98. The average molecular weight is 132 g/mol. The Hall–Kier alpha value is 0.400. The van der Waals surface area contributed by atoms with E-state index in [1.54, 1.807) is 0 Å². The van der Waals surface area contributed by atoms with Gasteiger partial charge in [-0.2, -0.15) is 0 Å². The molecule has 0 spiro atoms. The van der Waals surface area contributed by atoms with Crippen molar-refractivity contribution in [2.24, 2.45) is 0 Å². The van der Waals surface area contributed by atoms with E-state index in [0.29, 0.717) is 0 Å². The Morgan fingerprint density at radius 3 is 2.29 bits per heavy atom. The van der Waals surface area contributed by atoms with E-state index >= 15 is 0 Å². The monoisotopic (exact) mass is 132 g/mol. The van der Waals surface area contributed by atoms with Crippen LogP contribution in [0.4, 0.5) is 4.53 Å². The Bertz CT molecular complexity index is 73.3. The van der Waals surface area contributed by atoms with Crippen LogP contribution in [0.25, 0.3) is 0 Å². The molecular weight excluding hydrogens is 127 g/mol. The summed E-state index contributed by atoms with van der Waals surface area (Å²) in [4.78, 5) is 12.1. The van der Waals surface area contributed by atoms with Crippen LogP contribution in [0.5, 0.6) is 0 Å². The molecule has 0 bridgehead atoms. The van der Waals surface area contributed by atoms with Crippen LogP contribution in [-0.4, -0.2) is 43.7 Å². The van der Waals surface area contributed by atoms with Gasteiger partial charge in [0.05, 0.1) is 0 Å². The fraction of sp³-hybridized carbons (Fsp3) is 0. The summed E-state index contributed by atoms with van der Waals surface area (Å²) in [5.41, 5.74) is 0. The van der Waals surface area contributed by atoms with Gasteiger partial charge in [0.15, 0.2) is 0 Å². The van der Waals surface area contributed by atoms with E-state index in [1.165, 1.54) is 0 Å². The summed E-state index contributed by atoms with van der Waals surface area (Å²) in [6.45, 7) is 2.92. The predicted molar refractivity (Wildman–Crippen MR) is 25.9 cm³/mol. The van der Waals surface area contributed by atoms with Gasteiger partial charge in [-0.05, 0) is 0 Å². The first-order valence-corrected chi connectivity index (χ1v) is 1.26. The molecule has 0 radical (unpaired) electrons. The molecule has 0 atom stereocenters. The van der Waals surface area contributed by atoms with Crippen LogP contribution in [-0.2, 0) is 9.74 Å². The Morgan fingerprint density at radius 2 is 2.29 bits per heavy atom. The third-order valence-corrected chi connectivity index (χ3v) is 0.243. The van der Waals surface area contributed by atoms with Gasteiger partial charge in [0.2, 0.25) is 0 Å². The summed E-state index contributed by atoms with van der Waals surface area (Å²) >= 11 is 0. The van der Waals surface area contributed by atoms with E-state index in [-0.39, 0.29) is 37.7 Å². The Balaban J connectivity index is 0. The number of hydrogen-bond acceptors (Lipinski definition) is 2. The normalized spacial score (nSPS) is 5.86. The van der Waals surface area contributed by atoms with Crippen LogP contribution in [0.1, 0.15) is 0 Å². The molecule has 0 unspecified atom stereocenters. The molecule has 0 N–H and O–H groups in total. The second-order valence-electron chi connectivity index (χ2n) is 0.600. The first-order chi connectivity index (χ1) is 2.81. The van der Waals surface area contributed by atoms with E-state index in [4.69, 9.17) is 0 Å². The van der Waals surface area contributed by atoms with Crippen LogP contribution < -0.4 is 0 Å². The molecule has 0 aliphatic carbocycles. The Labute approximate surface area is 70.2 Å². The standard InChI is InChI=1S/C3H3FO2.Ca.2H/c1-2-3(5)6-4;;;/h2H,1H2;;;. The van der Waals surface area contributed by atoms with Gasteiger partial charge >= 0.3 is 43.7 Å². The Kier molecular flexibility index (Phi) is 9.50. The van der Waals surface area contributed by atoms with Gasteiger partial charge in [0, 0.05) is 10.6 Å². The molecule has 0 aromatic heterocycles. The van der Waals surface area contributed by atoms with Crippen molar-refractivity contribution >= 4 is 43.7 Å². The molecule has 38 valence electrons. The summed E-state index contributed by atoms with van der Waals surface area (Å²) < 4.78 is 10.5. The zero-order valence-electron chi connectivity index (χ0n) is 2.98. The summed E-state index contributed by atoms with van der Waals surface area (Å²) in [5, 5.41) is 0. The molecule has 0 amide bonds. The topological polar surface area (TPSA) is 26.3 Å². The third-order valence-electron chi connectivity index (χ3n) is 0.243. The minimum absolute atomic E-state index is 0. The molecule has 0 aliphatic rings. The van der Waals surface area contributed by atoms with Gasteiger partial charge in [-0.3, -0.25) is 4.94 Å². The van der Waals surface area contributed by atoms with Crippen molar-refractivity contribution in [3.63, 3.8) is 0 Å². The van der Waals surface area contributed by atoms with Gasteiger partial charge < -0.3 is 0 Å². The number of rotatable bonds is 1. The van der Waals surface area contributed by atoms with Crippen LogP contribution >= 0.6 is 0 Å². The zero-order chi connectivity index (χ0) is 4.99. The molecule has 0 heterocycles. The van der Waals surface area contributed by atoms with Crippen molar-refractivity contribution in [3.8, 4) is 0 Å². The van der Waals surface area contributed by atoms with Gasteiger partial charge in [-0.25, -0.2) is 4.79 Å². The second-order valence-corrected chi connectivity index (χ2v) is 0.600. The molecule has 4 heteroatoms. The summed E-state index contributed by atoms with van der Waals surface area (Å²) in [6, 6.07) is 0. The molecule has 2 nitrogen and oxygen atoms in total. The van der Waals surface area contributed by atoms with Crippen molar-refractivity contribution in [1.82, 2.24) is 0 Å². The first-order valence-electron chi connectivity index (χ1n) is 1.26. The third kappa shape index (κ3) is 6.40. The fourth-order valence-electron chi connectivity index (χ4n) is 0.0315. The van der Waals surface area contributed by atoms with Crippen molar-refractivity contribution in [2.45, 2.75) is 0 Å². The van der Waals surface area contributed by atoms with Gasteiger partial charge in [0.1, 0.15) is 0 Å². The van der Waals surface area contributed by atoms with Gasteiger partial charge in [0.25, 0.3) is 0 Å². The van der Waals surface area contributed by atoms with Crippen molar-refractivity contribution in [3.05, 3.63) is 12.7 Å². The van der Waals surface area contributed by atoms with Crippen molar-refractivity contribution in [2.75, 3.05) is 0 Å². The molecule has 0 saturated heterocycles. The quantitative estimate of drug-likeness (QED) is 0.361. The molecule has 0 fully saturated rings. The molecule has 0 aromatic rings. The summed E-state index contributed by atoms with van der Waals surface area (Å²) in [7, 11) is 0. The van der Waals surface area contributed by atoms with Crippen molar-refractivity contribution in [1.29, 1.82) is 0 Å². The molecule has 0 aromatic carbocycles. The maximum absolute atomic E-state index is 10.5. The second kappa shape index (κ2) is 6.40. The Morgan fingerprint density at radius 1 is 1.86 bits per heavy atom. The van der Waals surface area contributed by atoms with Crippen LogP contribution in [0.15, 0.2) is 12.7 Å². The number of halogens is 1. The van der Waals surface area contributed by atoms with E-state index in [9.17, 15) is 9.32 Å². The molecule has 0 saturated carbocycles. The van der Waals surface area contributed by atoms with Crippen LogP contribution in [0.2, 0.25) is 0 Å². The van der Waals surface area contributed by atoms with Crippen LogP contribution in [0, 0.1) is 0 Å². The maximum atomic E-state index is 10.5. The molecule has 0 rings (SSSR count). The SMILES string of the molecule is C=CC(=O)OF.[CaH2]. The van der Waals surface area contributed by atoms with Gasteiger partial charge in [-0.1, -0.05) is 6.58 Å². The van der Waals surface area contributed by atoms with E-state index in [0.717, 1.165) is 6.08 Å². The van der Waals surface area contributed by atoms with Crippen molar-refractivity contribution < 1.29 is 14.3 Å².